The maximum Gasteiger partial charge on any atom is 0.203 e. The van der Waals surface area contributed by atoms with E-state index in [1.54, 1.807) is 13.8 Å². The maximum absolute atomic E-state index is 11.8. The first-order valence-electron chi connectivity index (χ1n) is 4.52. The van der Waals surface area contributed by atoms with Crippen molar-refractivity contribution in [1.29, 1.82) is 0 Å². The van der Waals surface area contributed by atoms with E-state index in [4.69, 9.17) is 0 Å². The van der Waals surface area contributed by atoms with Gasteiger partial charge in [-0.15, -0.1) is 0 Å². The number of pyridine rings is 1. The average Bonchev–Trinajstić information content (AvgIpc) is 2.20. The summed E-state index contributed by atoms with van der Waals surface area (Å²) in [6, 6.07) is 0. The molecule has 1 aliphatic rings. The van der Waals surface area contributed by atoms with Crippen LogP contribution in [0.25, 0.3) is 0 Å². The van der Waals surface area contributed by atoms with Crippen LogP contribution in [0.5, 0.6) is 0 Å². The molecule has 0 amide bonds. The fraction of sp³-hybridized carbons (Fsp3) is 0.182. The van der Waals surface area contributed by atoms with E-state index < -0.39 is 5.78 Å². The van der Waals surface area contributed by atoms with Gasteiger partial charge in [0.1, 0.15) is 5.69 Å². The van der Waals surface area contributed by atoms with Gasteiger partial charge in [-0.1, -0.05) is 0 Å². The standard InChI is InChI=1S/C11H9NO3/c1-5-6(2)12-10-8(14)4-3-7(13)9(10)11(5)15/h3-4H,1-2H3,(H,12,15). The Kier molecular flexibility index (Phi) is 1.93. The first kappa shape index (κ1) is 9.58. The number of H-pyrrole nitrogens is 1. The number of hydrogen-bond acceptors (Lipinski definition) is 3. The lowest BCUT2D eigenvalue weighted by molar-refractivity contribution is 0.0989. The number of carbonyl (C=O) groups is 2. The number of allylic oxidation sites excluding steroid dienone is 2. The van der Waals surface area contributed by atoms with Crippen molar-refractivity contribution in [3.63, 3.8) is 0 Å². The fourth-order valence-corrected chi connectivity index (χ4v) is 1.55. The minimum absolute atomic E-state index is 0.0365. The molecular formula is C11H9NO3. The number of fused-ring (bicyclic) bond motifs is 1. The summed E-state index contributed by atoms with van der Waals surface area (Å²) < 4.78 is 0. The Labute approximate surface area is 85.6 Å². The molecule has 0 fully saturated rings. The lowest BCUT2D eigenvalue weighted by Gasteiger charge is -2.10. The molecule has 15 heavy (non-hydrogen) atoms. The van der Waals surface area contributed by atoms with Crippen molar-refractivity contribution >= 4 is 11.6 Å². The van der Waals surface area contributed by atoms with E-state index in [1.165, 1.54) is 6.08 Å². The van der Waals surface area contributed by atoms with Gasteiger partial charge in [0.05, 0.1) is 5.56 Å². The molecule has 0 radical (unpaired) electrons. The number of ketones is 2. The first-order valence-corrected chi connectivity index (χ1v) is 4.52. The van der Waals surface area contributed by atoms with Crippen LogP contribution in [0.4, 0.5) is 0 Å². The molecule has 2 rings (SSSR count). The molecule has 1 aromatic rings. The lowest BCUT2D eigenvalue weighted by Crippen LogP contribution is -2.26. The highest BCUT2D eigenvalue weighted by molar-refractivity contribution is 6.21. The summed E-state index contributed by atoms with van der Waals surface area (Å²) in [5.74, 6) is -0.737. The van der Waals surface area contributed by atoms with Crippen LogP contribution in [0.15, 0.2) is 16.9 Å². The summed E-state index contributed by atoms with van der Waals surface area (Å²) in [6.45, 7) is 3.33. The van der Waals surface area contributed by atoms with Crippen molar-refractivity contribution in [3.05, 3.63) is 44.9 Å². The van der Waals surface area contributed by atoms with Crippen molar-refractivity contribution in [1.82, 2.24) is 4.98 Å². The second-order valence-corrected chi connectivity index (χ2v) is 3.52. The van der Waals surface area contributed by atoms with Gasteiger partial charge in [0.2, 0.25) is 5.78 Å². The summed E-state index contributed by atoms with van der Waals surface area (Å²) in [5, 5.41) is 0. The van der Waals surface area contributed by atoms with Crippen LogP contribution < -0.4 is 5.43 Å². The van der Waals surface area contributed by atoms with Crippen LogP contribution in [-0.4, -0.2) is 16.6 Å². The number of rotatable bonds is 0. The van der Waals surface area contributed by atoms with Crippen molar-refractivity contribution < 1.29 is 9.59 Å². The molecule has 1 aliphatic carbocycles. The Morgan fingerprint density at radius 2 is 1.60 bits per heavy atom. The van der Waals surface area contributed by atoms with E-state index in [0.29, 0.717) is 11.3 Å². The smallest absolute Gasteiger partial charge is 0.203 e. The van der Waals surface area contributed by atoms with Gasteiger partial charge >= 0.3 is 0 Å². The Morgan fingerprint density at radius 1 is 1.00 bits per heavy atom. The largest absolute Gasteiger partial charge is 0.355 e. The molecule has 0 unspecified atom stereocenters. The van der Waals surface area contributed by atoms with Gasteiger partial charge in [-0.05, 0) is 26.0 Å². The molecule has 1 N–H and O–H groups in total. The van der Waals surface area contributed by atoms with Crippen molar-refractivity contribution in [3.8, 4) is 0 Å². The quantitative estimate of drug-likeness (QED) is 0.682. The molecule has 0 atom stereocenters. The molecule has 0 aromatic carbocycles. The van der Waals surface area contributed by atoms with Gasteiger partial charge in [0, 0.05) is 11.3 Å². The molecule has 76 valence electrons. The second kappa shape index (κ2) is 3.02. The van der Waals surface area contributed by atoms with Crippen LogP contribution in [0.3, 0.4) is 0 Å². The molecule has 1 aromatic heterocycles. The number of aromatic amines is 1. The third-order valence-electron chi connectivity index (χ3n) is 2.57. The average molecular weight is 203 g/mol. The number of aromatic nitrogens is 1. The Hall–Kier alpha value is -1.97. The molecule has 4 nitrogen and oxygen atoms in total. The molecule has 0 saturated heterocycles. The lowest BCUT2D eigenvalue weighted by atomic mass is 9.97. The zero-order valence-electron chi connectivity index (χ0n) is 8.38. The number of nitrogens with one attached hydrogen (secondary N) is 1. The molecular weight excluding hydrogens is 194 g/mol. The molecule has 0 bridgehead atoms. The summed E-state index contributed by atoms with van der Waals surface area (Å²) in [5.41, 5.74) is 0.811. The van der Waals surface area contributed by atoms with E-state index in [9.17, 15) is 14.4 Å². The van der Waals surface area contributed by atoms with E-state index in [2.05, 4.69) is 4.98 Å². The van der Waals surface area contributed by atoms with E-state index in [-0.39, 0.29) is 22.5 Å². The Bertz CT molecular complexity index is 564. The highest BCUT2D eigenvalue weighted by Gasteiger charge is 2.24. The van der Waals surface area contributed by atoms with Gasteiger partial charge in [0.25, 0.3) is 0 Å². The molecule has 0 saturated carbocycles. The van der Waals surface area contributed by atoms with Gasteiger partial charge in [-0.3, -0.25) is 14.4 Å². The summed E-state index contributed by atoms with van der Waals surface area (Å²) in [6.07, 6.45) is 2.31. The molecule has 0 aliphatic heterocycles. The first-order chi connectivity index (χ1) is 7.02. The fourth-order valence-electron chi connectivity index (χ4n) is 1.55. The Morgan fingerprint density at radius 3 is 2.27 bits per heavy atom. The topological polar surface area (TPSA) is 67.0 Å². The Balaban J connectivity index is 2.90. The highest BCUT2D eigenvalue weighted by Crippen LogP contribution is 2.13. The summed E-state index contributed by atoms with van der Waals surface area (Å²) in [4.78, 5) is 37.5. The summed E-state index contributed by atoms with van der Waals surface area (Å²) in [7, 11) is 0. The van der Waals surface area contributed by atoms with E-state index in [0.717, 1.165) is 6.08 Å². The molecule has 0 spiro atoms. The maximum atomic E-state index is 11.8. The zero-order valence-corrected chi connectivity index (χ0v) is 8.38. The minimum Gasteiger partial charge on any atom is -0.355 e. The minimum atomic E-state index is -0.408. The van der Waals surface area contributed by atoms with E-state index in [1.807, 2.05) is 0 Å². The van der Waals surface area contributed by atoms with Gasteiger partial charge in [0.15, 0.2) is 11.2 Å². The van der Waals surface area contributed by atoms with Gasteiger partial charge in [-0.2, -0.15) is 0 Å². The van der Waals surface area contributed by atoms with Crippen molar-refractivity contribution in [2.24, 2.45) is 0 Å². The van der Waals surface area contributed by atoms with Crippen molar-refractivity contribution in [2.75, 3.05) is 0 Å². The van der Waals surface area contributed by atoms with Gasteiger partial charge in [-0.25, -0.2) is 0 Å². The van der Waals surface area contributed by atoms with Crippen LogP contribution in [0.1, 0.15) is 32.1 Å². The molecule has 4 heteroatoms. The zero-order chi connectivity index (χ0) is 11.2. The third kappa shape index (κ3) is 1.26. The SMILES string of the molecule is Cc1[nH]c2c(c(=O)c1C)C(=O)C=CC2=O. The van der Waals surface area contributed by atoms with Gasteiger partial charge < -0.3 is 4.98 Å². The molecule has 1 heterocycles. The van der Waals surface area contributed by atoms with Crippen LogP contribution in [0.2, 0.25) is 0 Å². The monoisotopic (exact) mass is 203 g/mol. The van der Waals surface area contributed by atoms with Crippen LogP contribution in [0, 0.1) is 13.8 Å². The number of hydrogen-bond donors (Lipinski definition) is 1. The van der Waals surface area contributed by atoms with Crippen molar-refractivity contribution in [2.45, 2.75) is 13.8 Å². The van der Waals surface area contributed by atoms with Crippen LogP contribution >= 0.6 is 0 Å². The van der Waals surface area contributed by atoms with Crippen LogP contribution in [-0.2, 0) is 0 Å². The second-order valence-electron chi connectivity index (χ2n) is 3.52. The normalized spacial score (nSPS) is 14.3. The van der Waals surface area contributed by atoms with E-state index >= 15 is 0 Å². The third-order valence-corrected chi connectivity index (χ3v) is 2.57. The highest BCUT2D eigenvalue weighted by atomic mass is 16.1. The predicted octanol–water partition coefficient (Wildman–Crippen LogP) is 0.927. The predicted molar refractivity (Wildman–Crippen MR) is 54.3 cm³/mol. The number of aryl methyl sites for hydroxylation is 1. The summed E-state index contributed by atoms with van der Waals surface area (Å²) >= 11 is 0. The number of carbonyl (C=O) groups excluding carboxylic acids is 2.